The molecule has 2 aromatic rings. The number of benzene rings is 1. The average Bonchev–Trinajstić information content (AvgIpc) is 3.27. The Morgan fingerprint density at radius 2 is 2.26 bits per heavy atom. The first kappa shape index (κ1) is 16.1. The van der Waals surface area contributed by atoms with Gasteiger partial charge in [-0.25, -0.2) is 0 Å². The zero-order valence-corrected chi connectivity index (χ0v) is 14.4. The second kappa shape index (κ2) is 6.80. The number of aromatic nitrogens is 3. The Bertz CT molecular complexity index is 730. The van der Waals surface area contributed by atoms with Crippen molar-refractivity contribution >= 4 is 29.3 Å². The van der Waals surface area contributed by atoms with E-state index in [1.165, 1.54) is 11.8 Å². The zero-order chi connectivity index (χ0) is 16.4. The number of carbonyl (C=O) groups is 1. The molecule has 3 rings (SSSR count). The highest BCUT2D eigenvalue weighted by Gasteiger charge is 2.23. The lowest BCUT2D eigenvalue weighted by Crippen LogP contribution is -2.27. The van der Waals surface area contributed by atoms with E-state index in [0.717, 1.165) is 18.4 Å². The molecule has 1 aliphatic carbocycles. The first-order valence-electron chi connectivity index (χ1n) is 7.24. The Morgan fingerprint density at radius 1 is 1.48 bits per heavy atom. The molecule has 1 aromatic carbocycles. The molecule has 0 atom stereocenters. The number of rotatable bonds is 6. The fourth-order valence-corrected chi connectivity index (χ4v) is 3.05. The van der Waals surface area contributed by atoms with Crippen molar-refractivity contribution in [1.29, 1.82) is 0 Å². The summed E-state index contributed by atoms with van der Waals surface area (Å²) in [5, 5.41) is 12.6. The Hall–Kier alpha value is -1.73. The van der Waals surface area contributed by atoms with Gasteiger partial charge in [-0.3, -0.25) is 4.79 Å². The molecule has 0 unspecified atom stereocenters. The molecule has 23 heavy (non-hydrogen) atoms. The third-order valence-corrected chi connectivity index (χ3v) is 4.77. The lowest BCUT2D eigenvalue weighted by atomic mass is 10.2. The fraction of sp³-hybridized carbons (Fsp3) is 0.400. The van der Waals surface area contributed by atoms with E-state index < -0.39 is 0 Å². The van der Waals surface area contributed by atoms with Gasteiger partial charge in [-0.15, -0.1) is 10.2 Å². The summed E-state index contributed by atoms with van der Waals surface area (Å²) < 4.78 is 7.19. The normalized spacial score (nSPS) is 13.9. The van der Waals surface area contributed by atoms with Crippen molar-refractivity contribution in [3.05, 3.63) is 23.2 Å². The predicted molar refractivity (Wildman–Crippen MR) is 89.9 cm³/mol. The van der Waals surface area contributed by atoms with Crippen molar-refractivity contribution in [2.45, 2.75) is 24.0 Å². The van der Waals surface area contributed by atoms with Crippen LogP contribution in [0, 0.1) is 0 Å². The summed E-state index contributed by atoms with van der Waals surface area (Å²) in [6, 6.07) is 5.72. The maximum absolute atomic E-state index is 11.8. The van der Waals surface area contributed by atoms with Crippen LogP contribution < -0.4 is 10.1 Å². The third kappa shape index (κ3) is 3.79. The molecule has 1 amide bonds. The summed E-state index contributed by atoms with van der Waals surface area (Å²) in [7, 11) is 3.46. The maximum atomic E-state index is 11.8. The third-order valence-electron chi connectivity index (χ3n) is 3.51. The minimum Gasteiger partial charge on any atom is -0.496 e. The summed E-state index contributed by atoms with van der Waals surface area (Å²) in [6.45, 7) is 0. The zero-order valence-electron chi connectivity index (χ0n) is 12.9. The van der Waals surface area contributed by atoms with Crippen molar-refractivity contribution in [3.8, 4) is 17.1 Å². The lowest BCUT2D eigenvalue weighted by molar-refractivity contribution is -0.118. The van der Waals surface area contributed by atoms with Crippen LogP contribution in [0.5, 0.6) is 5.75 Å². The number of nitrogens with zero attached hydrogens (tertiary/aromatic N) is 3. The number of nitrogens with one attached hydrogen (secondary N) is 1. The van der Waals surface area contributed by atoms with Crippen LogP contribution in [0.3, 0.4) is 0 Å². The summed E-state index contributed by atoms with van der Waals surface area (Å²) in [6.07, 6.45) is 2.16. The van der Waals surface area contributed by atoms with Gasteiger partial charge in [-0.1, -0.05) is 23.4 Å². The Kier molecular flexibility index (Phi) is 4.77. The maximum Gasteiger partial charge on any atom is 0.230 e. The largest absolute Gasteiger partial charge is 0.496 e. The first-order valence-corrected chi connectivity index (χ1v) is 8.60. The number of hydrogen-bond donors (Lipinski definition) is 1. The predicted octanol–water partition coefficient (Wildman–Crippen LogP) is 2.51. The van der Waals surface area contributed by atoms with Crippen LogP contribution in [0.4, 0.5) is 0 Å². The number of amides is 1. The topological polar surface area (TPSA) is 69.0 Å². The van der Waals surface area contributed by atoms with Crippen LogP contribution in [-0.2, 0) is 11.8 Å². The van der Waals surface area contributed by atoms with Gasteiger partial charge in [0.2, 0.25) is 5.91 Å². The first-order chi connectivity index (χ1) is 11.1. The molecular weight excluding hydrogens is 336 g/mol. The van der Waals surface area contributed by atoms with Crippen LogP contribution in [0.2, 0.25) is 5.02 Å². The molecule has 1 saturated carbocycles. The summed E-state index contributed by atoms with van der Waals surface area (Å²) in [5.41, 5.74) is 0.768. The van der Waals surface area contributed by atoms with E-state index in [-0.39, 0.29) is 5.91 Å². The highest BCUT2D eigenvalue weighted by atomic mass is 35.5. The fourth-order valence-electron chi connectivity index (χ4n) is 2.16. The number of carbonyl (C=O) groups excluding carboxylic acids is 1. The molecule has 1 heterocycles. The molecule has 1 aliphatic rings. The highest BCUT2D eigenvalue weighted by Crippen LogP contribution is 2.32. The number of ether oxygens (including phenoxy) is 1. The van der Waals surface area contributed by atoms with Gasteiger partial charge in [-0.05, 0) is 31.0 Å². The minimum atomic E-state index is 0.0300. The van der Waals surface area contributed by atoms with Gasteiger partial charge >= 0.3 is 0 Å². The number of hydrogen-bond acceptors (Lipinski definition) is 5. The summed E-state index contributed by atoms with van der Waals surface area (Å²) in [5.74, 6) is 1.68. The Labute approximate surface area is 143 Å². The van der Waals surface area contributed by atoms with Crippen LogP contribution in [-0.4, -0.2) is 39.6 Å². The monoisotopic (exact) mass is 352 g/mol. The lowest BCUT2D eigenvalue weighted by Gasteiger charge is -2.09. The van der Waals surface area contributed by atoms with Gasteiger partial charge in [0.15, 0.2) is 11.0 Å². The van der Waals surface area contributed by atoms with E-state index in [2.05, 4.69) is 15.5 Å². The summed E-state index contributed by atoms with van der Waals surface area (Å²) in [4.78, 5) is 11.8. The average molecular weight is 353 g/mol. The molecule has 1 fully saturated rings. The number of halogens is 1. The van der Waals surface area contributed by atoms with Crippen molar-refractivity contribution in [3.63, 3.8) is 0 Å². The molecule has 1 aromatic heterocycles. The molecule has 122 valence electrons. The van der Waals surface area contributed by atoms with Crippen LogP contribution in [0.25, 0.3) is 11.4 Å². The van der Waals surface area contributed by atoms with Gasteiger partial charge < -0.3 is 14.6 Å². The number of thioether (sulfide) groups is 1. The Morgan fingerprint density at radius 3 is 2.96 bits per heavy atom. The molecule has 1 N–H and O–H groups in total. The van der Waals surface area contributed by atoms with E-state index in [9.17, 15) is 4.79 Å². The molecule has 0 aliphatic heterocycles. The van der Waals surface area contributed by atoms with E-state index in [0.29, 0.717) is 33.5 Å². The molecule has 0 spiro atoms. The van der Waals surface area contributed by atoms with E-state index in [1.807, 2.05) is 11.6 Å². The molecule has 0 saturated heterocycles. The van der Waals surface area contributed by atoms with E-state index in [1.54, 1.807) is 25.3 Å². The van der Waals surface area contributed by atoms with Crippen molar-refractivity contribution in [2.24, 2.45) is 7.05 Å². The summed E-state index contributed by atoms with van der Waals surface area (Å²) >= 11 is 7.43. The molecular formula is C15H17ClN4O2S. The van der Waals surface area contributed by atoms with Gasteiger partial charge in [0.05, 0.1) is 18.4 Å². The minimum absolute atomic E-state index is 0.0300. The molecule has 0 bridgehead atoms. The smallest absolute Gasteiger partial charge is 0.230 e. The standard InChI is InChI=1S/C15H17ClN4O2S/c1-20-14(11-7-9(16)3-6-12(11)22-2)18-19-15(20)23-8-13(21)17-10-4-5-10/h3,6-7,10H,4-5,8H2,1-2H3,(H,17,21). The SMILES string of the molecule is COc1ccc(Cl)cc1-c1nnc(SCC(=O)NC2CC2)n1C. The van der Waals surface area contributed by atoms with E-state index >= 15 is 0 Å². The van der Waals surface area contributed by atoms with Crippen LogP contribution >= 0.6 is 23.4 Å². The van der Waals surface area contributed by atoms with Crippen molar-refractivity contribution < 1.29 is 9.53 Å². The molecule has 8 heteroatoms. The highest BCUT2D eigenvalue weighted by molar-refractivity contribution is 7.99. The number of methoxy groups -OCH3 is 1. The van der Waals surface area contributed by atoms with Gasteiger partial charge in [0.1, 0.15) is 5.75 Å². The second-order valence-corrected chi connectivity index (χ2v) is 6.72. The quantitative estimate of drug-likeness (QED) is 0.809. The van der Waals surface area contributed by atoms with Gasteiger partial charge in [0.25, 0.3) is 0 Å². The molecule has 6 nitrogen and oxygen atoms in total. The molecule has 0 radical (unpaired) electrons. The van der Waals surface area contributed by atoms with Crippen molar-refractivity contribution in [2.75, 3.05) is 12.9 Å². The second-order valence-electron chi connectivity index (χ2n) is 5.34. The van der Waals surface area contributed by atoms with Crippen LogP contribution in [0.1, 0.15) is 12.8 Å². The van der Waals surface area contributed by atoms with Crippen molar-refractivity contribution in [1.82, 2.24) is 20.1 Å². The Balaban J connectivity index is 1.76. The van der Waals surface area contributed by atoms with Gasteiger partial charge in [-0.2, -0.15) is 0 Å². The van der Waals surface area contributed by atoms with Crippen LogP contribution in [0.15, 0.2) is 23.4 Å². The van der Waals surface area contributed by atoms with Gasteiger partial charge in [0, 0.05) is 18.1 Å². The van der Waals surface area contributed by atoms with E-state index in [4.69, 9.17) is 16.3 Å².